The van der Waals surface area contributed by atoms with E-state index >= 15 is 0 Å². The monoisotopic (exact) mass is 431 g/mol. The van der Waals surface area contributed by atoms with Crippen molar-refractivity contribution in [1.29, 1.82) is 0 Å². The van der Waals surface area contributed by atoms with Gasteiger partial charge in [0.2, 0.25) is 0 Å². The van der Waals surface area contributed by atoms with Crippen molar-refractivity contribution in [2.24, 2.45) is 0 Å². The van der Waals surface area contributed by atoms with Gasteiger partial charge in [-0.25, -0.2) is 9.78 Å². The molecule has 1 aromatic carbocycles. The molecule has 0 saturated heterocycles. The molecule has 4 nitrogen and oxygen atoms in total. The summed E-state index contributed by atoms with van der Waals surface area (Å²) >= 11 is 9.03. The van der Waals surface area contributed by atoms with Crippen LogP contribution in [0.1, 0.15) is 52.9 Å². The van der Waals surface area contributed by atoms with Gasteiger partial charge in [0.05, 0.1) is 6.61 Å². The van der Waals surface area contributed by atoms with Crippen molar-refractivity contribution in [2.75, 3.05) is 6.61 Å². The minimum Gasteiger partial charge on any atom is -0.505 e. The Morgan fingerprint density at radius 1 is 1.35 bits per heavy atom. The number of halogens is 1. The zero-order valence-corrected chi connectivity index (χ0v) is 16.6. The smallest absolute Gasteiger partial charge is 0.360 e. The number of allylic oxidation sites excluding steroid dienone is 1. The summed E-state index contributed by atoms with van der Waals surface area (Å²) in [6.45, 7) is 2.30. The van der Waals surface area contributed by atoms with Crippen LogP contribution in [0.15, 0.2) is 41.0 Å². The Balaban J connectivity index is 2.00. The van der Waals surface area contributed by atoms with Gasteiger partial charge in [-0.15, -0.1) is 0 Å². The molecule has 26 heavy (non-hydrogen) atoms. The van der Waals surface area contributed by atoms with Gasteiger partial charge in [0.15, 0.2) is 11.4 Å². The van der Waals surface area contributed by atoms with E-state index in [0.29, 0.717) is 27.2 Å². The first-order chi connectivity index (χ1) is 12.5. The number of hydrogen-bond donors (Lipinski definition) is 1. The maximum Gasteiger partial charge on any atom is 0.360 e. The molecule has 1 unspecified atom stereocenters. The van der Waals surface area contributed by atoms with E-state index in [9.17, 15) is 9.90 Å². The summed E-state index contributed by atoms with van der Waals surface area (Å²) in [4.78, 5) is 17.0. The van der Waals surface area contributed by atoms with Gasteiger partial charge >= 0.3 is 5.97 Å². The van der Waals surface area contributed by atoms with Crippen molar-refractivity contribution in [1.82, 2.24) is 4.98 Å². The van der Waals surface area contributed by atoms with Crippen molar-refractivity contribution in [3.8, 4) is 5.75 Å². The highest BCUT2D eigenvalue weighted by Crippen LogP contribution is 2.39. The molecule has 0 saturated carbocycles. The molecule has 1 atom stereocenters. The fourth-order valence-corrected chi connectivity index (χ4v) is 3.77. The number of aromatic nitrogens is 1. The molecule has 1 N–H and O–H groups in total. The van der Waals surface area contributed by atoms with Crippen LogP contribution < -0.4 is 0 Å². The summed E-state index contributed by atoms with van der Waals surface area (Å²) in [6, 6.07) is 9.80. The summed E-state index contributed by atoms with van der Waals surface area (Å²) in [5.74, 6) is -1.02. The highest BCUT2D eigenvalue weighted by molar-refractivity contribution is 9.10. The summed E-state index contributed by atoms with van der Waals surface area (Å²) in [5.41, 5.74) is 2.04. The molecule has 134 valence electrons. The predicted octanol–water partition coefficient (Wildman–Crippen LogP) is 5.04. The highest BCUT2D eigenvalue weighted by Gasteiger charge is 2.30. The van der Waals surface area contributed by atoms with Crippen LogP contribution in [0.25, 0.3) is 6.08 Å². The SMILES string of the molecule is CCCCOC(=O)c1nc(Br)c2c(c1O)C(=S)C(c1ccccc1)C=C2. The third-order valence-electron chi connectivity index (χ3n) is 4.23. The number of carbonyl (C=O) groups is 1. The second-order valence-electron chi connectivity index (χ2n) is 5.99. The van der Waals surface area contributed by atoms with Crippen LogP contribution in [0.3, 0.4) is 0 Å². The number of esters is 1. The third-order valence-corrected chi connectivity index (χ3v) is 5.29. The van der Waals surface area contributed by atoms with Gasteiger partial charge < -0.3 is 9.84 Å². The van der Waals surface area contributed by atoms with Crippen molar-refractivity contribution in [3.63, 3.8) is 0 Å². The minimum atomic E-state index is -0.645. The predicted molar refractivity (Wildman–Crippen MR) is 109 cm³/mol. The van der Waals surface area contributed by atoms with E-state index in [1.54, 1.807) is 0 Å². The lowest BCUT2D eigenvalue weighted by Crippen LogP contribution is -2.18. The van der Waals surface area contributed by atoms with Crippen LogP contribution in [-0.2, 0) is 4.74 Å². The van der Waals surface area contributed by atoms with E-state index in [1.807, 2.05) is 49.4 Å². The quantitative estimate of drug-likeness (QED) is 0.311. The van der Waals surface area contributed by atoms with Crippen LogP contribution in [0.2, 0.25) is 0 Å². The van der Waals surface area contributed by atoms with Crippen LogP contribution in [-0.4, -0.2) is 27.5 Å². The van der Waals surface area contributed by atoms with Crippen LogP contribution >= 0.6 is 28.1 Å². The second kappa shape index (κ2) is 8.10. The lowest BCUT2D eigenvalue weighted by atomic mass is 9.85. The fraction of sp³-hybridized carbons (Fsp3) is 0.250. The van der Waals surface area contributed by atoms with Gasteiger partial charge in [0.25, 0.3) is 0 Å². The van der Waals surface area contributed by atoms with E-state index in [1.165, 1.54) is 0 Å². The molecule has 1 aromatic heterocycles. The number of benzene rings is 1. The Kier molecular flexibility index (Phi) is 5.84. The number of pyridine rings is 1. The Morgan fingerprint density at radius 2 is 2.08 bits per heavy atom. The van der Waals surface area contributed by atoms with E-state index in [4.69, 9.17) is 17.0 Å². The topological polar surface area (TPSA) is 59.4 Å². The van der Waals surface area contributed by atoms with Crippen molar-refractivity contribution < 1.29 is 14.6 Å². The molecule has 1 aliphatic carbocycles. The number of unbranched alkanes of at least 4 members (excludes halogenated alkanes) is 1. The molecule has 0 spiro atoms. The molecular weight excluding hydrogens is 414 g/mol. The zero-order chi connectivity index (χ0) is 18.7. The number of nitrogens with zero attached hydrogens (tertiary/aromatic N) is 1. The van der Waals surface area contributed by atoms with Crippen molar-refractivity contribution >= 4 is 45.1 Å². The normalized spacial score (nSPS) is 15.6. The van der Waals surface area contributed by atoms with Gasteiger partial charge in [0.1, 0.15) is 4.60 Å². The van der Waals surface area contributed by atoms with Crippen LogP contribution in [0.4, 0.5) is 0 Å². The van der Waals surface area contributed by atoms with Crippen LogP contribution in [0, 0.1) is 0 Å². The Bertz CT molecular complexity index is 880. The molecular formula is C20H18BrNO3S. The number of hydrogen-bond acceptors (Lipinski definition) is 5. The fourth-order valence-electron chi connectivity index (χ4n) is 2.84. The van der Waals surface area contributed by atoms with Crippen LogP contribution in [0.5, 0.6) is 5.75 Å². The number of thiocarbonyl (C=S) groups is 1. The maximum atomic E-state index is 12.3. The summed E-state index contributed by atoms with van der Waals surface area (Å²) in [5, 5.41) is 10.7. The summed E-state index contributed by atoms with van der Waals surface area (Å²) in [7, 11) is 0. The molecule has 0 fully saturated rings. The third kappa shape index (κ3) is 3.57. The molecule has 1 heterocycles. The van der Waals surface area contributed by atoms with Crippen molar-refractivity contribution in [3.05, 3.63) is 63.4 Å². The lowest BCUT2D eigenvalue weighted by molar-refractivity contribution is 0.0489. The molecule has 1 aliphatic rings. The maximum absolute atomic E-state index is 12.3. The number of carbonyl (C=O) groups excluding carboxylic acids is 1. The number of aromatic hydroxyl groups is 1. The highest BCUT2D eigenvalue weighted by atomic mass is 79.9. The molecule has 0 bridgehead atoms. The molecule has 0 aliphatic heterocycles. The van der Waals surface area contributed by atoms with Gasteiger partial charge in [-0.3, -0.25) is 0 Å². The first kappa shape index (κ1) is 18.7. The minimum absolute atomic E-state index is 0.115. The zero-order valence-electron chi connectivity index (χ0n) is 14.2. The summed E-state index contributed by atoms with van der Waals surface area (Å²) in [6.07, 6.45) is 5.51. The van der Waals surface area contributed by atoms with E-state index in [-0.39, 0.29) is 17.4 Å². The summed E-state index contributed by atoms with van der Waals surface area (Å²) < 4.78 is 5.65. The van der Waals surface area contributed by atoms with Crippen molar-refractivity contribution in [2.45, 2.75) is 25.7 Å². The van der Waals surface area contributed by atoms with E-state index in [0.717, 1.165) is 18.4 Å². The number of fused-ring (bicyclic) bond motifs is 1. The number of rotatable bonds is 5. The Labute approximate surface area is 166 Å². The molecule has 3 rings (SSSR count). The molecule has 0 amide bonds. The van der Waals surface area contributed by atoms with Gasteiger partial charge in [0, 0.05) is 21.9 Å². The molecule has 2 aromatic rings. The van der Waals surface area contributed by atoms with Gasteiger partial charge in [-0.2, -0.15) is 0 Å². The average molecular weight is 432 g/mol. The first-order valence-corrected chi connectivity index (χ1v) is 9.61. The first-order valence-electron chi connectivity index (χ1n) is 8.41. The van der Waals surface area contributed by atoms with Gasteiger partial charge in [-0.05, 0) is 27.9 Å². The standard InChI is InChI=1S/C20H18BrNO3S/c1-2-3-11-25-20(24)16-17(23)15-14(19(21)22-16)10-9-13(18(15)26)12-7-5-4-6-8-12/h4-10,13,23H,2-3,11H2,1H3. The van der Waals surface area contributed by atoms with E-state index in [2.05, 4.69) is 20.9 Å². The Morgan fingerprint density at radius 3 is 2.77 bits per heavy atom. The molecule has 0 radical (unpaired) electrons. The number of ether oxygens (including phenoxy) is 1. The largest absolute Gasteiger partial charge is 0.505 e. The Hall–Kier alpha value is -2.05. The average Bonchev–Trinajstić information content (AvgIpc) is 2.65. The molecule has 6 heteroatoms. The van der Waals surface area contributed by atoms with E-state index < -0.39 is 5.97 Å². The van der Waals surface area contributed by atoms with Gasteiger partial charge in [-0.1, -0.05) is 68.0 Å². The second-order valence-corrected chi connectivity index (χ2v) is 7.18. The lowest BCUT2D eigenvalue weighted by Gasteiger charge is -2.23.